The molecular formula is C13H11Br2ClN2O. The molecule has 0 spiro atoms. The van der Waals surface area contributed by atoms with E-state index in [9.17, 15) is 0 Å². The van der Waals surface area contributed by atoms with Gasteiger partial charge in [-0.25, -0.2) is 4.98 Å². The van der Waals surface area contributed by atoms with Crippen molar-refractivity contribution in [2.45, 2.75) is 6.54 Å². The molecular weight excluding hydrogens is 395 g/mol. The molecule has 1 heterocycles. The molecule has 0 bridgehead atoms. The van der Waals surface area contributed by atoms with Gasteiger partial charge in [-0.1, -0.05) is 17.7 Å². The van der Waals surface area contributed by atoms with Gasteiger partial charge in [0.1, 0.15) is 5.75 Å². The Hall–Kier alpha value is -0.780. The summed E-state index contributed by atoms with van der Waals surface area (Å²) in [5, 5.41) is 3.70. The van der Waals surface area contributed by atoms with E-state index in [1.54, 1.807) is 13.3 Å². The molecule has 1 aromatic heterocycles. The predicted octanol–water partition coefficient (Wildman–Crippen LogP) is 4.88. The van der Waals surface area contributed by atoms with Crippen molar-refractivity contribution in [1.82, 2.24) is 4.98 Å². The Labute approximate surface area is 133 Å². The molecule has 19 heavy (non-hydrogen) atoms. The molecule has 0 fully saturated rings. The highest BCUT2D eigenvalue weighted by molar-refractivity contribution is 9.10. The molecule has 2 rings (SSSR count). The molecule has 0 radical (unpaired) electrons. The molecule has 0 aliphatic rings. The summed E-state index contributed by atoms with van der Waals surface area (Å²) in [6.45, 7) is 0.653. The zero-order valence-electron chi connectivity index (χ0n) is 10.1. The molecule has 0 saturated carbocycles. The minimum atomic E-state index is 0.454. The van der Waals surface area contributed by atoms with Crippen LogP contribution in [0.15, 0.2) is 39.4 Å². The van der Waals surface area contributed by atoms with Gasteiger partial charge in [0.25, 0.3) is 0 Å². The smallest absolute Gasteiger partial charge is 0.152 e. The summed E-state index contributed by atoms with van der Waals surface area (Å²) >= 11 is 12.8. The third-order valence-electron chi connectivity index (χ3n) is 2.50. The zero-order chi connectivity index (χ0) is 13.8. The van der Waals surface area contributed by atoms with Crippen LogP contribution in [-0.4, -0.2) is 12.1 Å². The third-order valence-corrected chi connectivity index (χ3v) is 3.86. The van der Waals surface area contributed by atoms with Crippen LogP contribution in [0.1, 0.15) is 5.56 Å². The molecule has 1 aromatic carbocycles. The summed E-state index contributed by atoms with van der Waals surface area (Å²) in [7, 11) is 1.64. The number of hydrogen-bond donors (Lipinski definition) is 1. The lowest BCUT2D eigenvalue weighted by Gasteiger charge is -2.10. The minimum absolute atomic E-state index is 0.454. The van der Waals surface area contributed by atoms with Crippen LogP contribution in [0.4, 0.5) is 5.69 Å². The third kappa shape index (κ3) is 3.84. The number of pyridine rings is 1. The first-order chi connectivity index (χ1) is 9.10. The number of aromatic nitrogens is 1. The summed E-state index contributed by atoms with van der Waals surface area (Å²) < 4.78 is 7.00. The van der Waals surface area contributed by atoms with Gasteiger partial charge in [0, 0.05) is 17.2 Å². The quantitative estimate of drug-likeness (QED) is 0.735. The Morgan fingerprint density at radius 2 is 2.11 bits per heavy atom. The van der Waals surface area contributed by atoms with Crippen molar-refractivity contribution in [3.8, 4) is 5.75 Å². The molecule has 0 unspecified atom stereocenters. The van der Waals surface area contributed by atoms with Crippen LogP contribution in [0.3, 0.4) is 0 Å². The van der Waals surface area contributed by atoms with Gasteiger partial charge < -0.3 is 10.1 Å². The second kappa shape index (κ2) is 6.59. The van der Waals surface area contributed by atoms with Crippen LogP contribution in [0.25, 0.3) is 0 Å². The molecule has 3 nitrogen and oxygen atoms in total. The minimum Gasteiger partial charge on any atom is -0.496 e. The van der Waals surface area contributed by atoms with E-state index in [4.69, 9.17) is 16.3 Å². The number of nitrogens with zero attached hydrogens (tertiary/aromatic N) is 1. The van der Waals surface area contributed by atoms with Crippen LogP contribution in [0, 0.1) is 0 Å². The number of hydrogen-bond acceptors (Lipinski definition) is 3. The summed E-state index contributed by atoms with van der Waals surface area (Å²) in [6.07, 6.45) is 1.66. The van der Waals surface area contributed by atoms with E-state index in [-0.39, 0.29) is 0 Å². The van der Waals surface area contributed by atoms with Crippen molar-refractivity contribution in [2.75, 3.05) is 12.4 Å². The highest BCUT2D eigenvalue weighted by Gasteiger charge is 2.04. The van der Waals surface area contributed by atoms with Crippen LogP contribution in [0.5, 0.6) is 5.75 Å². The highest BCUT2D eigenvalue weighted by Crippen LogP contribution is 2.27. The molecule has 1 N–H and O–H groups in total. The van der Waals surface area contributed by atoms with Crippen molar-refractivity contribution in [2.24, 2.45) is 0 Å². The fraction of sp³-hybridized carbons (Fsp3) is 0.154. The first-order valence-corrected chi connectivity index (χ1v) is 7.44. The number of nitrogens with one attached hydrogen (secondary N) is 1. The van der Waals surface area contributed by atoms with E-state index < -0.39 is 0 Å². The maximum atomic E-state index is 6.02. The lowest BCUT2D eigenvalue weighted by Crippen LogP contribution is -2.01. The Morgan fingerprint density at radius 3 is 2.79 bits per heavy atom. The highest BCUT2D eigenvalue weighted by atomic mass is 79.9. The lowest BCUT2D eigenvalue weighted by atomic mass is 10.2. The van der Waals surface area contributed by atoms with E-state index in [0.717, 1.165) is 25.9 Å². The summed E-state index contributed by atoms with van der Waals surface area (Å²) in [5.41, 5.74) is 1.91. The average molecular weight is 407 g/mol. The summed E-state index contributed by atoms with van der Waals surface area (Å²) in [6, 6.07) is 7.82. The number of ether oxygens (including phenoxy) is 1. The monoisotopic (exact) mass is 404 g/mol. The lowest BCUT2D eigenvalue weighted by molar-refractivity contribution is 0.412. The normalized spacial score (nSPS) is 10.3. The van der Waals surface area contributed by atoms with Gasteiger partial charge in [-0.15, -0.1) is 0 Å². The Bertz CT molecular complexity index is 593. The molecule has 0 saturated heterocycles. The van der Waals surface area contributed by atoms with Crippen molar-refractivity contribution in [3.05, 3.63) is 50.1 Å². The van der Waals surface area contributed by atoms with Gasteiger partial charge >= 0.3 is 0 Å². The SMILES string of the molecule is COc1ccc(CNc2cc(Br)cnc2Cl)cc1Br. The van der Waals surface area contributed by atoms with Crippen LogP contribution < -0.4 is 10.1 Å². The second-order valence-corrected chi connectivity index (χ2v) is 5.94. The van der Waals surface area contributed by atoms with Crippen molar-refractivity contribution >= 4 is 49.1 Å². The summed E-state index contributed by atoms with van der Waals surface area (Å²) in [4.78, 5) is 4.06. The Kier molecular flexibility index (Phi) is 5.07. The number of anilines is 1. The van der Waals surface area contributed by atoms with Crippen LogP contribution in [0.2, 0.25) is 5.15 Å². The largest absolute Gasteiger partial charge is 0.496 e. The molecule has 6 heteroatoms. The maximum Gasteiger partial charge on any atom is 0.152 e. The van der Waals surface area contributed by atoms with E-state index in [1.165, 1.54) is 0 Å². The van der Waals surface area contributed by atoms with E-state index in [1.807, 2.05) is 24.3 Å². The van der Waals surface area contributed by atoms with Gasteiger partial charge in [-0.05, 0) is 55.6 Å². The fourth-order valence-electron chi connectivity index (χ4n) is 1.56. The molecule has 100 valence electrons. The van der Waals surface area contributed by atoms with Gasteiger partial charge in [0.05, 0.1) is 17.3 Å². The first kappa shape index (κ1) is 14.6. The van der Waals surface area contributed by atoms with Gasteiger partial charge in [-0.2, -0.15) is 0 Å². The van der Waals surface area contributed by atoms with Gasteiger partial charge in [0.2, 0.25) is 0 Å². The molecule has 2 aromatic rings. The van der Waals surface area contributed by atoms with Crippen LogP contribution in [-0.2, 0) is 6.54 Å². The van der Waals surface area contributed by atoms with Gasteiger partial charge in [0.15, 0.2) is 5.15 Å². The maximum absolute atomic E-state index is 6.02. The van der Waals surface area contributed by atoms with E-state index >= 15 is 0 Å². The first-order valence-electron chi connectivity index (χ1n) is 5.47. The molecule has 0 amide bonds. The van der Waals surface area contributed by atoms with E-state index in [2.05, 4.69) is 42.2 Å². The summed E-state index contributed by atoms with van der Waals surface area (Å²) in [5.74, 6) is 0.811. The average Bonchev–Trinajstić information content (AvgIpc) is 2.40. The standard InChI is InChI=1S/C13H11Br2ClN2O/c1-19-12-3-2-8(4-10(12)15)6-17-11-5-9(14)7-18-13(11)16/h2-5,7,17H,6H2,1H3. The Morgan fingerprint density at radius 1 is 1.32 bits per heavy atom. The number of rotatable bonds is 4. The Balaban J connectivity index is 2.10. The van der Waals surface area contributed by atoms with Crippen molar-refractivity contribution in [3.63, 3.8) is 0 Å². The fourth-order valence-corrected chi connectivity index (χ4v) is 2.65. The van der Waals surface area contributed by atoms with E-state index in [0.29, 0.717) is 11.7 Å². The number of benzene rings is 1. The van der Waals surface area contributed by atoms with Crippen molar-refractivity contribution in [1.29, 1.82) is 0 Å². The molecule has 0 atom stereocenters. The molecule has 0 aliphatic carbocycles. The number of halogens is 3. The second-order valence-electron chi connectivity index (χ2n) is 3.81. The zero-order valence-corrected chi connectivity index (χ0v) is 14.0. The van der Waals surface area contributed by atoms with Crippen LogP contribution >= 0.6 is 43.5 Å². The predicted molar refractivity (Wildman–Crippen MR) is 85.0 cm³/mol. The van der Waals surface area contributed by atoms with Gasteiger partial charge in [-0.3, -0.25) is 0 Å². The topological polar surface area (TPSA) is 34.1 Å². The number of methoxy groups -OCH3 is 1. The molecule has 0 aliphatic heterocycles. The van der Waals surface area contributed by atoms with Crippen molar-refractivity contribution < 1.29 is 4.74 Å².